The largest absolute Gasteiger partial charge is 0.459 e. The van der Waals surface area contributed by atoms with E-state index >= 15 is 0 Å². The molecule has 6 heteroatoms. The van der Waals surface area contributed by atoms with Gasteiger partial charge in [0.1, 0.15) is 12.4 Å². The Bertz CT molecular complexity index is 374. The summed E-state index contributed by atoms with van der Waals surface area (Å²) in [5, 5.41) is 8.55. The first-order valence-corrected chi connectivity index (χ1v) is 4.79. The fraction of sp³-hybridized carbons (Fsp3) is 0.500. The molecular formula is C10H15N3O3. The third-order valence-electron chi connectivity index (χ3n) is 1.68. The van der Waals surface area contributed by atoms with E-state index in [1.54, 1.807) is 6.08 Å². The topological polar surface area (TPSA) is 77.4 Å². The summed E-state index contributed by atoms with van der Waals surface area (Å²) in [6.45, 7) is 9.58. The van der Waals surface area contributed by atoms with Gasteiger partial charge in [-0.1, -0.05) is 33.4 Å². The van der Waals surface area contributed by atoms with E-state index in [-0.39, 0.29) is 24.0 Å². The van der Waals surface area contributed by atoms with Crippen molar-refractivity contribution in [2.45, 2.75) is 26.2 Å². The molecule has 0 aliphatic heterocycles. The molecule has 0 spiro atoms. The van der Waals surface area contributed by atoms with Crippen LogP contribution < -0.4 is 9.62 Å². The van der Waals surface area contributed by atoms with Gasteiger partial charge in [0.15, 0.2) is 0 Å². The van der Waals surface area contributed by atoms with E-state index in [4.69, 9.17) is 9.99 Å². The first-order valence-electron chi connectivity index (χ1n) is 4.79. The molecule has 16 heavy (non-hydrogen) atoms. The summed E-state index contributed by atoms with van der Waals surface area (Å²) in [6.07, 6.45) is 1.57. The van der Waals surface area contributed by atoms with Gasteiger partial charge in [-0.15, -0.1) is 4.98 Å². The molecule has 0 aromatic carbocycles. The third kappa shape index (κ3) is 3.16. The van der Waals surface area contributed by atoms with E-state index in [1.807, 2.05) is 20.8 Å². The number of nitrogens with zero attached hydrogens (tertiary/aromatic N) is 3. The van der Waals surface area contributed by atoms with Crippen molar-refractivity contribution >= 4 is 0 Å². The number of ether oxygens (including phenoxy) is 1. The molecule has 1 aromatic heterocycles. The Morgan fingerprint density at radius 2 is 1.88 bits per heavy atom. The van der Waals surface area contributed by atoms with Crippen molar-refractivity contribution in [3.05, 3.63) is 18.5 Å². The van der Waals surface area contributed by atoms with Crippen LogP contribution in [0, 0.1) is 0 Å². The lowest BCUT2D eigenvalue weighted by atomic mass is 9.96. The average Bonchev–Trinajstić information content (AvgIpc) is 2.24. The predicted octanol–water partition coefficient (Wildman–Crippen LogP) is 1.59. The molecular weight excluding hydrogens is 210 g/mol. The number of aromatic nitrogens is 3. The molecule has 0 saturated carbocycles. The molecule has 1 aromatic rings. The molecule has 0 bridgehead atoms. The lowest BCUT2D eigenvalue weighted by Crippen LogP contribution is -2.18. The second-order valence-corrected chi connectivity index (χ2v) is 4.17. The SMILES string of the molecule is C=CCOc1nc(OO)nc(C(C)(C)C)n1. The summed E-state index contributed by atoms with van der Waals surface area (Å²) < 4.78 is 5.16. The Morgan fingerprint density at radius 3 is 2.38 bits per heavy atom. The van der Waals surface area contributed by atoms with Crippen LogP contribution in [0.1, 0.15) is 26.6 Å². The molecule has 1 rings (SSSR count). The minimum Gasteiger partial charge on any atom is -0.459 e. The van der Waals surface area contributed by atoms with Gasteiger partial charge >= 0.3 is 12.0 Å². The van der Waals surface area contributed by atoms with E-state index in [0.29, 0.717) is 5.82 Å². The van der Waals surface area contributed by atoms with Gasteiger partial charge in [-0.05, 0) is 0 Å². The number of hydrogen-bond donors (Lipinski definition) is 1. The van der Waals surface area contributed by atoms with Crippen LogP contribution in [0.15, 0.2) is 12.7 Å². The highest BCUT2D eigenvalue weighted by Crippen LogP contribution is 2.21. The van der Waals surface area contributed by atoms with Crippen molar-refractivity contribution in [3.63, 3.8) is 0 Å². The zero-order valence-corrected chi connectivity index (χ0v) is 9.60. The molecule has 0 aliphatic rings. The van der Waals surface area contributed by atoms with Crippen molar-refractivity contribution in [3.8, 4) is 12.0 Å². The van der Waals surface area contributed by atoms with Crippen LogP contribution in [0.25, 0.3) is 0 Å². The maximum Gasteiger partial charge on any atom is 0.359 e. The molecule has 1 heterocycles. The summed E-state index contributed by atoms with van der Waals surface area (Å²) >= 11 is 0. The first-order chi connectivity index (χ1) is 7.47. The summed E-state index contributed by atoms with van der Waals surface area (Å²) in [4.78, 5) is 15.8. The Morgan fingerprint density at radius 1 is 1.25 bits per heavy atom. The van der Waals surface area contributed by atoms with Crippen molar-refractivity contribution in [2.75, 3.05) is 6.61 Å². The van der Waals surface area contributed by atoms with Crippen molar-refractivity contribution in [1.82, 2.24) is 15.0 Å². The second kappa shape index (κ2) is 4.89. The monoisotopic (exact) mass is 225 g/mol. The quantitative estimate of drug-likeness (QED) is 0.476. The fourth-order valence-electron chi connectivity index (χ4n) is 0.912. The highest BCUT2D eigenvalue weighted by atomic mass is 17.1. The van der Waals surface area contributed by atoms with E-state index in [2.05, 4.69) is 26.4 Å². The van der Waals surface area contributed by atoms with E-state index in [9.17, 15) is 0 Å². The average molecular weight is 225 g/mol. The van der Waals surface area contributed by atoms with Crippen LogP contribution in [-0.2, 0) is 5.41 Å². The van der Waals surface area contributed by atoms with Gasteiger partial charge in [0.25, 0.3) is 0 Å². The summed E-state index contributed by atoms with van der Waals surface area (Å²) in [5.41, 5.74) is -0.289. The Labute approximate surface area is 93.9 Å². The second-order valence-electron chi connectivity index (χ2n) is 4.17. The molecule has 0 fully saturated rings. The van der Waals surface area contributed by atoms with Gasteiger partial charge in [-0.2, -0.15) is 15.2 Å². The summed E-state index contributed by atoms with van der Waals surface area (Å²) in [7, 11) is 0. The van der Waals surface area contributed by atoms with E-state index in [1.165, 1.54) is 0 Å². The van der Waals surface area contributed by atoms with Crippen LogP contribution in [0.3, 0.4) is 0 Å². The number of hydrogen-bond acceptors (Lipinski definition) is 6. The van der Waals surface area contributed by atoms with Crippen LogP contribution in [0.5, 0.6) is 12.0 Å². The number of rotatable bonds is 4. The molecule has 6 nitrogen and oxygen atoms in total. The van der Waals surface area contributed by atoms with Gasteiger partial charge in [-0.25, -0.2) is 0 Å². The van der Waals surface area contributed by atoms with Crippen LogP contribution in [0.4, 0.5) is 0 Å². The van der Waals surface area contributed by atoms with Crippen molar-refractivity contribution < 1.29 is 14.9 Å². The zero-order valence-electron chi connectivity index (χ0n) is 9.60. The maximum absolute atomic E-state index is 8.55. The normalized spacial score (nSPS) is 11.0. The highest BCUT2D eigenvalue weighted by molar-refractivity contribution is 5.11. The smallest absolute Gasteiger partial charge is 0.359 e. The van der Waals surface area contributed by atoms with Crippen LogP contribution in [-0.4, -0.2) is 26.8 Å². The zero-order chi connectivity index (χ0) is 12.2. The fourth-order valence-corrected chi connectivity index (χ4v) is 0.912. The summed E-state index contributed by atoms with van der Waals surface area (Å²) in [6, 6.07) is -0.0807. The lowest BCUT2D eigenvalue weighted by Gasteiger charge is -2.16. The van der Waals surface area contributed by atoms with Gasteiger partial charge in [-0.3, -0.25) is 4.89 Å². The highest BCUT2D eigenvalue weighted by Gasteiger charge is 2.21. The van der Waals surface area contributed by atoms with Gasteiger partial charge in [0.2, 0.25) is 0 Å². The molecule has 88 valence electrons. The molecule has 1 N–H and O–H groups in total. The first kappa shape index (κ1) is 12.4. The van der Waals surface area contributed by atoms with Gasteiger partial charge < -0.3 is 4.74 Å². The third-order valence-corrected chi connectivity index (χ3v) is 1.68. The van der Waals surface area contributed by atoms with Crippen molar-refractivity contribution in [2.24, 2.45) is 0 Å². The Balaban J connectivity index is 3.05. The van der Waals surface area contributed by atoms with Crippen LogP contribution in [0.2, 0.25) is 0 Å². The van der Waals surface area contributed by atoms with Gasteiger partial charge in [0.05, 0.1) is 0 Å². The lowest BCUT2D eigenvalue weighted by molar-refractivity contribution is -0.146. The molecule has 0 unspecified atom stereocenters. The molecule has 0 radical (unpaired) electrons. The van der Waals surface area contributed by atoms with Crippen LogP contribution >= 0.6 is 0 Å². The Kier molecular flexibility index (Phi) is 3.78. The van der Waals surface area contributed by atoms with E-state index in [0.717, 1.165) is 0 Å². The molecule has 0 amide bonds. The Hall–Kier alpha value is -1.69. The molecule has 0 aliphatic carbocycles. The van der Waals surface area contributed by atoms with Gasteiger partial charge in [0, 0.05) is 5.41 Å². The molecule has 0 atom stereocenters. The summed E-state index contributed by atoms with van der Waals surface area (Å²) in [5.74, 6) is 0.477. The predicted molar refractivity (Wildman–Crippen MR) is 57.5 cm³/mol. The maximum atomic E-state index is 8.55. The standard InChI is InChI=1S/C10H15N3O3/c1-5-6-15-8-11-7(10(2,3)4)12-9(13-8)16-14/h5,14H,1,6H2,2-4H3. The minimum atomic E-state index is -0.289. The molecule has 0 saturated heterocycles. The van der Waals surface area contributed by atoms with E-state index < -0.39 is 0 Å². The van der Waals surface area contributed by atoms with Crippen molar-refractivity contribution in [1.29, 1.82) is 0 Å². The minimum absolute atomic E-state index is 0.101.